The van der Waals surface area contributed by atoms with Gasteiger partial charge in [0.05, 0.1) is 12.7 Å². The Morgan fingerprint density at radius 1 is 1.26 bits per heavy atom. The van der Waals surface area contributed by atoms with Crippen LogP contribution in [-0.2, 0) is 11.3 Å². The first-order valence-electron chi connectivity index (χ1n) is 8.60. The van der Waals surface area contributed by atoms with Crippen LogP contribution >= 0.6 is 0 Å². The van der Waals surface area contributed by atoms with E-state index in [0.717, 1.165) is 5.82 Å². The molecule has 2 aromatic rings. The molecule has 2 aliphatic carbocycles. The molecule has 23 heavy (non-hydrogen) atoms. The standard InChI is InChI=1S/C19H23N3O/c1-13-5-4-6-14(11-13)12-22-17(9-10-20-22)21-19(23)18-15-7-2-3-8-16(15)18/h4-6,9-11,15-16,18H,2-3,7-8,12H2,1H3,(H,21,23)/t15-,16-/m0/s1. The van der Waals surface area contributed by atoms with Crippen molar-refractivity contribution in [2.45, 2.75) is 39.2 Å². The second-order valence-electron chi connectivity index (χ2n) is 6.99. The summed E-state index contributed by atoms with van der Waals surface area (Å²) in [5.74, 6) is 2.50. The zero-order valence-electron chi connectivity index (χ0n) is 13.5. The number of aryl methyl sites for hydroxylation is 1. The van der Waals surface area contributed by atoms with Crippen molar-refractivity contribution in [2.75, 3.05) is 5.32 Å². The smallest absolute Gasteiger partial charge is 0.229 e. The van der Waals surface area contributed by atoms with Gasteiger partial charge in [0.2, 0.25) is 5.91 Å². The highest BCUT2D eigenvalue weighted by Gasteiger charge is 2.54. The third-order valence-electron chi connectivity index (χ3n) is 5.34. The molecule has 2 atom stereocenters. The Balaban J connectivity index is 1.44. The molecule has 0 saturated heterocycles. The SMILES string of the molecule is Cc1cccc(Cn2nccc2NC(=O)C2[C@H]3CCCC[C@H]23)c1. The van der Waals surface area contributed by atoms with Gasteiger partial charge in [-0.1, -0.05) is 42.7 Å². The van der Waals surface area contributed by atoms with E-state index >= 15 is 0 Å². The fourth-order valence-corrected chi connectivity index (χ4v) is 4.14. The summed E-state index contributed by atoms with van der Waals surface area (Å²) in [4.78, 5) is 12.5. The number of carbonyl (C=O) groups is 1. The molecule has 2 aliphatic rings. The average Bonchev–Trinajstić information content (AvgIpc) is 3.13. The molecule has 2 saturated carbocycles. The van der Waals surface area contributed by atoms with Crippen molar-refractivity contribution < 1.29 is 4.79 Å². The van der Waals surface area contributed by atoms with Gasteiger partial charge in [-0.2, -0.15) is 5.10 Å². The van der Waals surface area contributed by atoms with Crippen LogP contribution in [0.4, 0.5) is 5.82 Å². The number of aromatic nitrogens is 2. The van der Waals surface area contributed by atoms with Gasteiger partial charge in [-0.25, -0.2) is 4.68 Å². The third kappa shape index (κ3) is 2.90. The molecule has 0 radical (unpaired) electrons. The van der Waals surface area contributed by atoms with Gasteiger partial charge >= 0.3 is 0 Å². The summed E-state index contributed by atoms with van der Waals surface area (Å²) in [6.07, 6.45) is 6.79. The normalized spacial score (nSPS) is 25.7. The largest absolute Gasteiger partial charge is 0.311 e. The van der Waals surface area contributed by atoms with Gasteiger partial charge in [-0.3, -0.25) is 4.79 Å². The Bertz CT molecular complexity index is 709. The first-order valence-corrected chi connectivity index (χ1v) is 8.60. The van der Waals surface area contributed by atoms with E-state index < -0.39 is 0 Å². The van der Waals surface area contributed by atoms with Crippen LogP contribution < -0.4 is 5.32 Å². The highest BCUT2D eigenvalue weighted by atomic mass is 16.2. The van der Waals surface area contributed by atoms with Crippen molar-refractivity contribution in [2.24, 2.45) is 17.8 Å². The fourth-order valence-electron chi connectivity index (χ4n) is 4.14. The molecule has 1 amide bonds. The quantitative estimate of drug-likeness (QED) is 0.937. The summed E-state index contributed by atoms with van der Waals surface area (Å²) >= 11 is 0. The van der Waals surface area contributed by atoms with Crippen LogP contribution in [0, 0.1) is 24.7 Å². The number of benzene rings is 1. The lowest BCUT2D eigenvalue weighted by molar-refractivity contribution is -0.117. The van der Waals surface area contributed by atoms with Crippen LogP contribution in [0.15, 0.2) is 36.5 Å². The number of rotatable bonds is 4. The number of nitrogens with one attached hydrogen (secondary N) is 1. The van der Waals surface area contributed by atoms with Crippen LogP contribution in [0.3, 0.4) is 0 Å². The third-order valence-corrected chi connectivity index (χ3v) is 5.34. The van der Waals surface area contributed by atoms with E-state index in [1.54, 1.807) is 6.20 Å². The number of amides is 1. The second kappa shape index (κ2) is 5.84. The van der Waals surface area contributed by atoms with Crippen molar-refractivity contribution in [3.8, 4) is 0 Å². The Labute approximate surface area is 136 Å². The number of carbonyl (C=O) groups excluding carboxylic acids is 1. The Hall–Kier alpha value is -2.10. The van der Waals surface area contributed by atoms with Gasteiger partial charge in [0, 0.05) is 12.0 Å². The first-order chi connectivity index (χ1) is 11.2. The predicted molar refractivity (Wildman–Crippen MR) is 90.1 cm³/mol. The first kappa shape index (κ1) is 14.5. The van der Waals surface area contributed by atoms with Crippen LogP contribution in [-0.4, -0.2) is 15.7 Å². The fraction of sp³-hybridized carbons (Fsp3) is 0.474. The Kier molecular flexibility index (Phi) is 3.68. The van der Waals surface area contributed by atoms with Crippen LogP contribution in [0.5, 0.6) is 0 Å². The molecule has 2 fully saturated rings. The predicted octanol–water partition coefficient (Wildman–Crippen LogP) is 3.61. The maximum absolute atomic E-state index is 12.5. The monoisotopic (exact) mass is 309 g/mol. The second-order valence-corrected chi connectivity index (χ2v) is 6.99. The minimum absolute atomic E-state index is 0.188. The molecular weight excluding hydrogens is 286 g/mol. The van der Waals surface area contributed by atoms with E-state index in [1.807, 2.05) is 10.7 Å². The van der Waals surface area contributed by atoms with Crippen LogP contribution in [0.25, 0.3) is 0 Å². The summed E-state index contributed by atoms with van der Waals surface area (Å²) in [6.45, 7) is 2.77. The average molecular weight is 309 g/mol. The molecule has 4 heteroatoms. The van der Waals surface area contributed by atoms with E-state index in [2.05, 4.69) is 41.6 Å². The highest BCUT2D eigenvalue weighted by Crippen LogP contribution is 2.55. The molecule has 0 bridgehead atoms. The molecule has 0 unspecified atom stereocenters. The number of hydrogen-bond donors (Lipinski definition) is 1. The number of fused-ring (bicyclic) bond motifs is 1. The van der Waals surface area contributed by atoms with Crippen molar-refractivity contribution in [1.29, 1.82) is 0 Å². The summed E-state index contributed by atoms with van der Waals surface area (Å²) < 4.78 is 1.87. The molecule has 1 aromatic heterocycles. The van der Waals surface area contributed by atoms with Crippen LogP contribution in [0.2, 0.25) is 0 Å². The van der Waals surface area contributed by atoms with Crippen molar-refractivity contribution in [1.82, 2.24) is 9.78 Å². The topological polar surface area (TPSA) is 46.9 Å². The molecule has 4 nitrogen and oxygen atoms in total. The van der Waals surface area contributed by atoms with Gasteiger partial charge in [-0.05, 0) is 37.2 Å². The van der Waals surface area contributed by atoms with Crippen molar-refractivity contribution in [3.63, 3.8) is 0 Å². The van der Waals surface area contributed by atoms with Gasteiger partial charge in [0.25, 0.3) is 0 Å². The van der Waals surface area contributed by atoms with E-state index in [0.29, 0.717) is 18.4 Å². The summed E-state index contributed by atoms with van der Waals surface area (Å²) in [5.41, 5.74) is 2.44. The van der Waals surface area contributed by atoms with Gasteiger partial charge < -0.3 is 5.32 Å². The van der Waals surface area contributed by atoms with Gasteiger partial charge in [-0.15, -0.1) is 0 Å². The van der Waals surface area contributed by atoms with Crippen LogP contribution in [0.1, 0.15) is 36.8 Å². The Morgan fingerprint density at radius 2 is 2.04 bits per heavy atom. The van der Waals surface area contributed by atoms with E-state index in [-0.39, 0.29) is 11.8 Å². The molecule has 0 spiro atoms. The maximum atomic E-state index is 12.5. The zero-order chi connectivity index (χ0) is 15.8. The number of hydrogen-bond acceptors (Lipinski definition) is 2. The molecule has 4 rings (SSSR count). The molecule has 1 N–H and O–H groups in total. The number of nitrogens with zero attached hydrogens (tertiary/aromatic N) is 2. The molecule has 1 aromatic carbocycles. The summed E-state index contributed by atoms with van der Waals surface area (Å²) in [6, 6.07) is 10.3. The van der Waals surface area contributed by atoms with Gasteiger partial charge in [0.1, 0.15) is 5.82 Å². The molecule has 1 heterocycles. The van der Waals surface area contributed by atoms with E-state index in [1.165, 1.54) is 36.8 Å². The summed E-state index contributed by atoms with van der Waals surface area (Å²) in [5, 5.41) is 7.47. The van der Waals surface area contributed by atoms with Gasteiger partial charge in [0.15, 0.2) is 0 Å². The minimum Gasteiger partial charge on any atom is -0.311 e. The van der Waals surface area contributed by atoms with Crippen molar-refractivity contribution >= 4 is 11.7 Å². The lowest BCUT2D eigenvalue weighted by Gasteiger charge is -2.09. The minimum atomic E-state index is 0.188. The van der Waals surface area contributed by atoms with E-state index in [9.17, 15) is 4.79 Å². The molecular formula is C19H23N3O. The van der Waals surface area contributed by atoms with E-state index in [4.69, 9.17) is 0 Å². The molecule has 120 valence electrons. The zero-order valence-corrected chi connectivity index (χ0v) is 13.5. The highest BCUT2D eigenvalue weighted by molar-refractivity contribution is 5.94. The maximum Gasteiger partial charge on any atom is 0.229 e. The Morgan fingerprint density at radius 3 is 2.78 bits per heavy atom. The molecule has 0 aliphatic heterocycles. The summed E-state index contributed by atoms with van der Waals surface area (Å²) in [7, 11) is 0. The lowest BCUT2D eigenvalue weighted by Crippen LogP contribution is -2.19. The lowest BCUT2D eigenvalue weighted by atomic mass is 10.0. The van der Waals surface area contributed by atoms with Crippen molar-refractivity contribution in [3.05, 3.63) is 47.7 Å². The number of anilines is 1.